The molecular weight excluding hydrogens is 344 g/mol. The van der Waals surface area contributed by atoms with Crippen molar-refractivity contribution < 1.29 is 9.34 Å². The summed E-state index contributed by atoms with van der Waals surface area (Å²) in [5, 5.41) is 11.6. The summed E-state index contributed by atoms with van der Waals surface area (Å²) in [7, 11) is 0. The van der Waals surface area contributed by atoms with Crippen LogP contribution in [0.15, 0.2) is 64.0 Å². The van der Waals surface area contributed by atoms with Gasteiger partial charge in [-0.1, -0.05) is 37.6 Å². The van der Waals surface area contributed by atoms with Gasteiger partial charge in [0.25, 0.3) is 5.69 Å². The van der Waals surface area contributed by atoms with Gasteiger partial charge in [-0.05, 0) is 30.7 Å². The normalized spacial score (nSPS) is 11.2. The quantitative estimate of drug-likeness (QED) is 0.433. The molecule has 0 radical (unpaired) electrons. The maximum atomic E-state index is 12.8. The Kier molecular flexibility index (Phi) is 5.98. The van der Waals surface area contributed by atoms with Gasteiger partial charge in [0, 0.05) is 30.8 Å². The standard InChI is InChI=1S/C21H22N2O4/c1-2-3-11-22(13-16-7-6-8-18(12-16)23(25)26)14-17-15-27-20-10-5-4-9-19(20)21(17)24/h4-10,12,15H,2-3,11,13-14H2,1H3. The Hall–Kier alpha value is -2.99. The highest BCUT2D eigenvalue weighted by Gasteiger charge is 2.14. The number of nitro benzene ring substituents is 1. The van der Waals surface area contributed by atoms with E-state index in [2.05, 4.69) is 11.8 Å². The van der Waals surface area contributed by atoms with Gasteiger partial charge in [-0.15, -0.1) is 0 Å². The molecule has 0 aliphatic rings. The van der Waals surface area contributed by atoms with Crippen molar-refractivity contribution in [2.24, 2.45) is 0 Å². The molecule has 0 saturated carbocycles. The summed E-state index contributed by atoms with van der Waals surface area (Å²) in [6.45, 7) is 3.88. The molecule has 1 aromatic heterocycles. The average Bonchev–Trinajstić information content (AvgIpc) is 2.68. The van der Waals surface area contributed by atoms with Crippen molar-refractivity contribution in [3.05, 3.63) is 86.3 Å². The average molecular weight is 366 g/mol. The highest BCUT2D eigenvalue weighted by molar-refractivity contribution is 5.76. The Balaban J connectivity index is 1.85. The molecule has 0 unspecified atom stereocenters. The molecule has 0 bridgehead atoms. The minimum atomic E-state index is -0.391. The Labute approximate surface area is 157 Å². The van der Waals surface area contributed by atoms with E-state index in [9.17, 15) is 14.9 Å². The van der Waals surface area contributed by atoms with Crippen molar-refractivity contribution in [3.63, 3.8) is 0 Å². The molecule has 3 aromatic rings. The number of hydrogen-bond donors (Lipinski definition) is 0. The largest absolute Gasteiger partial charge is 0.464 e. The Morgan fingerprint density at radius 2 is 1.93 bits per heavy atom. The van der Waals surface area contributed by atoms with Crippen molar-refractivity contribution in [2.45, 2.75) is 32.9 Å². The summed E-state index contributed by atoms with van der Waals surface area (Å²) in [5.74, 6) is 0. The molecule has 6 heteroatoms. The van der Waals surface area contributed by atoms with E-state index >= 15 is 0 Å². The Morgan fingerprint density at radius 1 is 1.11 bits per heavy atom. The van der Waals surface area contributed by atoms with Gasteiger partial charge < -0.3 is 4.42 Å². The molecule has 27 heavy (non-hydrogen) atoms. The zero-order chi connectivity index (χ0) is 19.2. The molecule has 6 nitrogen and oxygen atoms in total. The molecule has 140 valence electrons. The van der Waals surface area contributed by atoms with E-state index in [0.29, 0.717) is 29.6 Å². The second-order valence-electron chi connectivity index (χ2n) is 6.58. The fourth-order valence-electron chi connectivity index (χ4n) is 3.09. The maximum absolute atomic E-state index is 12.8. The topological polar surface area (TPSA) is 76.6 Å². The van der Waals surface area contributed by atoms with Gasteiger partial charge in [-0.25, -0.2) is 0 Å². The number of para-hydroxylation sites is 1. The lowest BCUT2D eigenvalue weighted by Crippen LogP contribution is -2.27. The zero-order valence-electron chi connectivity index (χ0n) is 15.3. The molecule has 0 aliphatic carbocycles. The van der Waals surface area contributed by atoms with Gasteiger partial charge in [0.2, 0.25) is 0 Å². The van der Waals surface area contributed by atoms with E-state index in [1.165, 1.54) is 12.3 Å². The number of nitro groups is 1. The van der Waals surface area contributed by atoms with Crippen LogP contribution in [-0.2, 0) is 13.1 Å². The van der Waals surface area contributed by atoms with Crippen LogP contribution in [0.2, 0.25) is 0 Å². The van der Waals surface area contributed by atoms with Crippen LogP contribution >= 0.6 is 0 Å². The molecule has 1 heterocycles. The maximum Gasteiger partial charge on any atom is 0.269 e. The molecule has 0 amide bonds. The van der Waals surface area contributed by atoms with Crippen molar-refractivity contribution in [1.29, 1.82) is 0 Å². The van der Waals surface area contributed by atoms with Gasteiger partial charge in [-0.3, -0.25) is 19.8 Å². The Morgan fingerprint density at radius 3 is 2.70 bits per heavy atom. The van der Waals surface area contributed by atoms with Crippen LogP contribution in [0.5, 0.6) is 0 Å². The molecule has 0 N–H and O–H groups in total. The van der Waals surface area contributed by atoms with Crippen LogP contribution in [0, 0.1) is 10.1 Å². The third kappa shape index (κ3) is 4.60. The second kappa shape index (κ2) is 8.60. The highest BCUT2D eigenvalue weighted by atomic mass is 16.6. The van der Waals surface area contributed by atoms with Gasteiger partial charge >= 0.3 is 0 Å². The van der Waals surface area contributed by atoms with Gasteiger partial charge in [0.15, 0.2) is 5.43 Å². The molecular formula is C21H22N2O4. The number of benzene rings is 2. The van der Waals surface area contributed by atoms with Crippen LogP contribution < -0.4 is 5.43 Å². The monoisotopic (exact) mass is 366 g/mol. The summed E-state index contributed by atoms with van der Waals surface area (Å²) in [6.07, 6.45) is 3.53. The van der Waals surface area contributed by atoms with Crippen LogP contribution in [0.1, 0.15) is 30.9 Å². The fourth-order valence-corrected chi connectivity index (χ4v) is 3.09. The molecule has 0 spiro atoms. The number of fused-ring (bicyclic) bond motifs is 1. The van der Waals surface area contributed by atoms with E-state index in [0.717, 1.165) is 24.9 Å². The highest BCUT2D eigenvalue weighted by Crippen LogP contribution is 2.17. The van der Waals surface area contributed by atoms with Gasteiger partial charge in [-0.2, -0.15) is 0 Å². The number of rotatable bonds is 8. The Bertz CT molecular complexity index is 997. The van der Waals surface area contributed by atoms with E-state index in [1.807, 2.05) is 18.2 Å². The number of nitrogens with zero attached hydrogens (tertiary/aromatic N) is 2. The van der Waals surface area contributed by atoms with Crippen molar-refractivity contribution in [2.75, 3.05) is 6.54 Å². The molecule has 0 fully saturated rings. The lowest BCUT2D eigenvalue weighted by molar-refractivity contribution is -0.384. The van der Waals surface area contributed by atoms with Crippen LogP contribution in [-0.4, -0.2) is 16.4 Å². The molecule has 0 atom stereocenters. The van der Waals surface area contributed by atoms with Gasteiger partial charge in [0.1, 0.15) is 5.58 Å². The summed E-state index contributed by atoms with van der Waals surface area (Å²) >= 11 is 0. The van der Waals surface area contributed by atoms with Crippen molar-refractivity contribution in [1.82, 2.24) is 4.90 Å². The first kappa shape index (κ1) is 18.8. The SMILES string of the molecule is CCCCN(Cc1cccc([N+](=O)[O-])c1)Cc1coc2ccccc2c1=O. The van der Waals surface area contributed by atoms with E-state index in [1.54, 1.807) is 24.3 Å². The minimum absolute atomic E-state index is 0.0302. The lowest BCUT2D eigenvalue weighted by atomic mass is 10.1. The van der Waals surface area contributed by atoms with E-state index in [4.69, 9.17) is 4.42 Å². The number of non-ortho nitro benzene ring substituents is 1. The summed E-state index contributed by atoms with van der Waals surface area (Å²) < 4.78 is 5.61. The number of hydrogen-bond acceptors (Lipinski definition) is 5. The molecule has 0 aliphatic heterocycles. The second-order valence-corrected chi connectivity index (χ2v) is 6.58. The predicted octanol–water partition coefficient (Wildman–Crippen LogP) is 4.50. The summed E-state index contributed by atoms with van der Waals surface area (Å²) in [4.78, 5) is 25.5. The number of unbranched alkanes of at least 4 members (excludes halogenated alkanes) is 1. The first-order valence-electron chi connectivity index (χ1n) is 9.03. The third-order valence-electron chi connectivity index (χ3n) is 4.50. The summed E-state index contributed by atoms with van der Waals surface area (Å²) in [5.41, 5.74) is 2.07. The fraction of sp³-hybridized carbons (Fsp3) is 0.286. The van der Waals surface area contributed by atoms with Crippen LogP contribution in [0.3, 0.4) is 0 Å². The minimum Gasteiger partial charge on any atom is -0.464 e. The predicted molar refractivity (Wildman–Crippen MR) is 105 cm³/mol. The molecule has 0 saturated heterocycles. The van der Waals surface area contributed by atoms with Crippen LogP contribution in [0.25, 0.3) is 11.0 Å². The van der Waals surface area contributed by atoms with Crippen molar-refractivity contribution in [3.8, 4) is 0 Å². The lowest BCUT2D eigenvalue weighted by Gasteiger charge is -2.22. The zero-order valence-corrected chi connectivity index (χ0v) is 15.3. The summed E-state index contributed by atoms with van der Waals surface area (Å²) in [6, 6.07) is 13.8. The van der Waals surface area contributed by atoms with Gasteiger partial charge in [0.05, 0.1) is 16.6 Å². The van der Waals surface area contributed by atoms with Crippen LogP contribution in [0.4, 0.5) is 5.69 Å². The van der Waals surface area contributed by atoms with E-state index < -0.39 is 4.92 Å². The third-order valence-corrected chi connectivity index (χ3v) is 4.50. The van der Waals surface area contributed by atoms with Crippen molar-refractivity contribution >= 4 is 16.7 Å². The molecule has 2 aromatic carbocycles. The molecule has 3 rings (SSSR count). The van der Waals surface area contributed by atoms with E-state index in [-0.39, 0.29) is 11.1 Å². The first-order valence-corrected chi connectivity index (χ1v) is 9.03. The smallest absolute Gasteiger partial charge is 0.269 e. The first-order chi connectivity index (χ1) is 13.1.